The number of nitrogens with zero attached hydrogens (tertiary/aromatic N) is 1. The molecular weight excluding hydrogens is 401 g/mol. The molecule has 2 aliphatic rings. The zero-order valence-electron chi connectivity index (χ0n) is 16.2. The second kappa shape index (κ2) is 9.84. The molecule has 0 radical (unpaired) electrons. The minimum absolute atomic E-state index is 0.0773. The number of carbonyl (C=O) groups excluding carboxylic acids is 2. The van der Waals surface area contributed by atoms with Gasteiger partial charge in [-0.2, -0.15) is 0 Å². The zero-order chi connectivity index (χ0) is 20.1. The Morgan fingerprint density at radius 3 is 2.39 bits per heavy atom. The van der Waals surface area contributed by atoms with Crippen LogP contribution in [0.15, 0.2) is 18.2 Å². The lowest BCUT2D eigenvalue weighted by atomic mass is 9.83. The number of ether oxygens (including phenoxy) is 2. The van der Waals surface area contributed by atoms with Gasteiger partial charge in [0.2, 0.25) is 5.91 Å². The smallest absolute Gasteiger partial charge is 0.435 e. The second-order valence-electron chi connectivity index (χ2n) is 7.48. The molecule has 0 aromatic heterocycles. The third-order valence-corrected chi connectivity index (χ3v) is 6.45. The Kier molecular flexibility index (Phi) is 7.47. The molecule has 1 saturated carbocycles. The molecule has 7 heteroatoms. The van der Waals surface area contributed by atoms with E-state index >= 15 is 0 Å². The molecule has 1 aromatic rings. The van der Waals surface area contributed by atoms with Gasteiger partial charge in [0, 0.05) is 22.5 Å². The maximum absolute atomic E-state index is 13.3. The summed E-state index contributed by atoms with van der Waals surface area (Å²) in [7, 11) is 0. The maximum atomic E-state index is 13.3. The Labute approximate surface area is 176 Å². The quantitative estimate of drug-likeness (QED) is 0.573. The number of likely N-dealkylation sites (tertiary alicyclic amines) is 1. The standard InChI is InChI=1S/C21H27Cl2NO4/c1-2-27-21(26)28-20-12-11-18(14-7-4-3-5-8-14)24(20)19(25)13-15-16(22)9-6-10-17(15)23/h6,9-10,14,18,20H,2-5,7-8,11-13H2,1H3. The predicted molar refractivity (Wildman–Crippen MR) is 109 cm³/mol. The van der Waals surface area contributed by atoms with E-state index in [4.69, 9.17) is 32.7 Å². The van der Waals surface area contributed by atoms with Crippen molar-refractivity contribution >= 4 is 35.3 Å². The van der Waals surface area contributed by atoms with Crippen molar-refractivity contribution in [3.63, 3.8) is 0 Å². The molecule has 1 aliphatic carbocycles. The largest absolute Gasteiger partial charge is 0.510 e. The normalized spacial score (nSPS) is 22.9. The molecule has 2 fully saturated rings. The molecule has 154 valence electrons. The molecule has 5 nitrogen and oxygen atoms in total. The molecule has 0 spiro atoms. The van der Waals surface area contributed by atoms with Gasteiger partial charge in [0.15, 0.2) is 6.23 Å². The highest BCUT2D eigenvalue weighted by atomic mass is 35.5. The van der Waals surface area contributed by atoms with Crippen molar-refractivity contribution in [3.8, 4) is 0 Å². The first-order valence-electron chi connectivity index (χ1n) is 10.1. The average molecular weight is 428 g/mol. The van der Waals surface area contributed by atoms with Crippen LogP contribution in [0.2, 0.25) is 10.0 Å². The second-order valence-corrected chi connectivity index (χ2v) is 8.29. The number of rotatable bonds is 5. The van der Waals surface area contributed by atoms with Crippen LogP contribution >= 0.6 is 23.2 Å². The third kappa shape index (κ3) is 4.93. The first-order valence-corrected chi connectivity index (χ1v) is 10.8. The van der Waals surface area contributed by atoms with E-state index in [0.717, 1.165) is 19.3 Å². The third-order valence-electron chi connectivity index (χ3n) is 5.74. The van der Waals surface area contributed by atoms with E-state index in [9.17, 15) is 9.59 Å². The lowest BCUT2D eigenvalue weighted by molar-refractivity contribution is -0.143. The summed E-state index contributed by atoms with van der Waals surface area (Å²) in [6.45, 7) is 1.96. The molecule has 0 bridgehead atoms. The van der Waals surface area contributed by atoms with Gasteiger partial charge in [-0.3, -0.25) is 4.79 Å². The molecule has 0 N–H and O–H groups in total. The highest BCUT2D eigenvalue weighted by Gasteiger charge is 2.43. The highest BCUT2D eigenvalue weighted by Crippen LogP contribution is 2.38. The van der Waals surface area contributed by atoms with Crippen LogP contribution in [-0.2, 0) is 20.7 Å². The number of carbonyl (C=O) groups is 2. The molecule has 2 atom stereocenters. The van der Waals surface area contributed by atoms with Crippen LogP contribution in [0.4, 0.5) is 4.79 Å². The highest BCUT2D eigenvalue weighted by molar-refractivity contribution is 6.36. The van der Waals surface area contributed by atoms with Gasteiger partial charge in [0.05, 0.1) is 13.0 Å². The van der Waals surface area contributed by atoms with Crippen LogP contribution in [0, 0.1) is 5.92 Å². The average Bonchev–Trinajstić information content (AvgIpc) is 3.09. The zero-order valence-corrected chi connectivity index (χ0v) is 17.7. The lowest BCUT2D eigenvalue weighted by Crippen LogP contribution is -2.47. The molecule has 1 aromatic carbocycles. The van der Waals surface area contributed by atoms with Gasteiger partial charge in [-0.25, -0.2) is 4.79 Å². The Morgan fingerprint density at radius 1 is 1.07 bits per heavy atom. The van der Waals surface area contributed by atoms with E-state index in [2.05, 4.69) is 0 Å². The number of benzene rings is 1. The Morgan fingerprint density at radius 2 is 1.75 bits per heavy atom. The Hall–Kier alpha value is -1.46. The first-order chi connectivity index (χ1) is 13.5. The molecule has 1 heterocycles. The van der Waals surface area contributed by atoms with Crippen molar-refractivity contribution in [1.29, 1.82) is 0 Å². The van der Waals surface area contributed by atoms with E-state index < -0.39 is 12.4 Å². The molecular formula is C21H27Cl2NO4. The van der Waals surface area contributed by atoms with E-state index in [0.29, 0.717) is 27.9 Å². The summed E-state index contributed by atoms with van der Waals surface area (Å²) in [5.41, 5.74) is 0.611. The Balaban J connectivity index is 1.80. The fourth-order valence-electron chi connectivity index (χ4n) is 4.45. The van der Waals surface area contributed by atoms with Crippen LogP contribution < -0.4 is 0 Å². The molecule has 1 saturated heterocycles. The van der Waals surface area contributed by atoms with Crippen molar-refractivity contribution in [2.45, 2.75) is 70.6 Å². The van der Waals surface area contributed by atoms with Gasteiger partial charge in [0.1, 0.15) is 0 Å². The van der Waals surface area contributed by atoms with Gasteiger partial charge in [-0.1, -0.05) is 48.5 Å². The summed E-state index contributed by atoms with van der Waals surface area (Å²) < 4.78 is 10.4. The topological polar surface area (TPSA) is 55.8 Å². The van der Waals surface area contributed by atoms with Crippen LogP contribution in [0.1, 0.15) is 57.4 Å². The van der Waals surface area contributed by atoms with Gasteiger partial charge >= 0.3 is 6.16 Å². The maximum Gasteiger partial charge on any atom is 0.510 e. The van der Waals surface area contributed by atoms with Crippen molar-refractivity contribution in [1.82, 2.24) is 4.90 Å². The summed E-state index contributed by atoms with van der Waals surface area (Å²) in [5, 5.41) is 0.939. The number of hydrogen-bond donors (Lipinski definition) is 0. The minimum Gasteiger partial charge on any atom is -0.435 e. The lowest BCUT2D eigenvalue weighted by Gasteiger charge is -2.36. The van der Waals surface area contributed by atoms with Crippen molar-refractivity contribution in [2.75, 3.05) is 6.61 Å². The summed E-state index contributed by atoms with van der Waals surface area (Å²) in [4.78, 5) is 26.9. The summed E-state index contributed by atoms with van der Waals surface area (Å²) in [6, 6.07) is 5.29. The van der Waals surface area contributed by atoms with Crippen LogP contribution in [0.3, 0.4) is 0 Å². The summed E-state index contributed by atoms with van der Waals surface area (Å²) in [6.07, 6.45) is 6.04. The minimum atomic E-state index is -0.731. The number of amides is 1. The van der Waals surface area contributed by atoms with Gasteiger partial charge < -0.3 is 14.4 Å². The molecule has 1 aliphatic heterocycles. The van der Waals surface area contributed by atoms with E-state index in [1.807, 2.05) is 0 Å². The van der Waals surface area contributed by atoms with Gasteiger partial charge in [-0.05, 0) is 49.8 Å². The number of hydrogen-bond acceptors (Lipinski definition) is 4. The monoisotopic (exact) mass is 427 g/mol. The van der Waals surface area contributed by atoms with Crippen LogP contribution in [0.5, 0.6) is 0 Å². The van der Waals surface area contributed by atoms with E-state index in [-0.39, 0.29) is 25.0 Å². The fourth-order valence-corrected chi connectivity index (χ4v) is 4.99. The Bertz CT molecular complexity index is 685. The van der Waals surface area contributed by atoms with Crippen LogP contribution in [0.25, 0.3) is 0 Å². The van der Waals surface area contributed by atoms with Crippen molar-refractivity contribution in [2.24, 2.45) is 5.92 Å². The molecule has 1 amide bonds. The molecule has 3 rings (SSSR count). The fraction of sp³-hybridized carbons (Fsp3) is 0.619. The van der Waals surface area contributed by atoms with E-state index in [1.165, 1.54) is 19.3 Å². The molecule has 28 heavy (non-hydrogen) atoms. The SMILES string of the molecule is CCOC(=O)OC1CCC(C2CCCCC2)N1C(=O)Cc1c(Cl)cccc1Cl. The molecule has 2 unspecified atom stereocenters. The predicted octanol–water partition coefficient (Wildman–Crippen LogP) is 5.61. The van der Waals surface area contributed by atoms with Gasteiger partial charge in [-0.15, -0.1) is 0 Å². The van der Waals surface area contributed by atoms with Crippen molar-refractivity contribution < 1.29 is 19.1 Å². The van der Waals surface area contributed by atoms with Crippen molar-refractivity contribution in [3.05, 3.63) is 33.8 Å². The van der Waals surface area contributed by atoms with E-state index in [1.54, 1.807) is 30.0 Å². The van der Waals surface area contributed by atoms with Gasteiger partial charge in [0.25, 0.3) is 0 Å². The number of halogens is 2. The first kappa shape index (κ1) is 21.3. The van der Waals surface area contributed by atoms with Crippen LogP contribution in [-0.4, -0.2) is 35.8 Å². The summed E-state index contributed by atoms with van der Waals surface area (Å²) >= 11 is 12.5. The summed E-state index contributed by atoms with van der Waals surface area (Å²) in [5.74, 6) is 0.326.